The van der Waals surface area contributed by atoms with Crippen LogP contribution in [0.5, 0.6) is 0 Å². The molecule has 1 rings (SSSR count). The van der Waals surface area contributed by atoms with Crippen LogP contribution < -0.4 is 5.32 Å². The predicted molar refractivity (Wildman–Crippen MR) is 48.6 cm³/mol. The first-order valence-corrected chi connectivity index (χ1v) is 4.79. The second-order valence-electron chi connectivity index (χ2n) is 3.35. The largest absolute Gasteiger partial charge is 0.480 e. The first-order valence-electron chi connectivity index (χ1n) is 4.79. The lowest BCUT2D eigenvalue weighted by molar-refractivity contribution is -0.142. The summed E-state index contributed by atoms with van der Waals surface area (Å²) in [6.07, 6.45) is 1.92. The van der Waals surface area contributed by atoms with Gasteiger partial charge in [0.25, 0.3) is 0 Å². The molecule has 1 fully saturated rings. The summed E-state index contributed by atoms with van der Waals surface area (Å²) in [4.78, 5) is 10.9. The van der Waals surface area contributed by atoms with Gasteiger partial charge in [-0.2, -0.15) is 0 Å². The first kappa shape index (κ1) is 10.5. The molecule has 0 amide bonds. The van der Waals surface area contributed by atoms with Gasteiger partial charge in [0.05, 0.1) is 6.61 Å². The molecule has 13 heavy (non-hydrogen) atoms. The molecule has 0 aromatic heterocycles. The van der Waals surface area contributed by atoms with Crippen molar-refractivity contribution in [3.05, 3.63) is 0 Å². The number of hydrogen-bond acceptors (Lipinski definition) is 3. The van der Waals surface area contributed by atoms with Crippen molar-refractivity contribution in [3.63, 3.8) is 0 Å². The lowest BCUT2D eigenvalue weighted by Gasteiger charge is -2.27. The Morgan fingerprint density at radius 2 is 2.54 bits per heavy atom. The standard InChI is InChI=1S/C9H17NO3/c1-2-10-8(9(11)12)7-4-3-5-13-6-7/h7-8,10H,2-6H2,1H3,(H,11,12). The summed E-state index contributed by atoms with van der Waals surface area (Å²) < 4.78 is 5.26. The molecule has 0 bridgehead atoms. The van der Waals surface area contributed by atoms with Crippen LogP contribution in [0.1, 0.15) is 19.8 Å². The number of nitrogens with one attached hydrogen (secondary N) is 1. The molecule has 0 spiro atoms. The fourth-order valence-corrected chi connectivity index (χ4v) is 1.70. The van der Waals surface area contributed by atoms with Crippen molar-refractivity contribution in [3.8, 4) is 0 Å². The molecule has 1 saturated heterocycles. The van der Waals surface area contributed by atoms with Gasteiger partial charge in [0.1, 0.15) is 6.04 Å². The zero-order chi connectivity index (χ0) is 9.68. The van der Waals surface area contributed by atoms with Gasteiger partial charge in [0.2, 0.25) is 0 Å². The minimum absolute atomic E-state index is 0.131. The Bertz CT molecular complexity index is 166. The smallest absolute Gasteiger partial charge is 0.321 e. The third-order valence-corrected chi connectivity index (χ3v) is 2.36. The molecule has 76 valence electrons. The Hall–Kier alpha value is -0.610. The van der Waals surface area contributed by atoms with Crippen LogP contribution in [0.2, 0.25) is 0 Å². The molecule has 0 radical (unpaired) electrons. The van der Waals surface area contributed by atoms with Crippen molar-refractivity contribution in [2.75, 3.05) is 19.8 Å². The molecule has 4 heteroatoms. The molecule has 1 aliphatic heterocycles. The highest BCUT2D eigenvalue weighted by Crippen LogP contribution is 2.17. The van der Waals surface area contributed by atoms with Crippen LogP contribution >= 0.6 is 0 Å². The van der Waals surface area contributed by atoms with Gasteiger partial charge in [-0.15, -0.1) is 0 Å². The van der Waals surface area contributed by atoms with Gasteiger partial charge in [0, 0.05) is 12.5 Å². The number of carboxylic acid groups (broad SMARTS) is 1. The van der Waals surface area contributed by atoms with Crippen LogP contribution in [-0.2, 0) is 9.53 Å². The summed E-state index contributed by atoms with van der Waals surface area (Å²) in [6.45, 7) is 3.95. The fraction of sp³-hybridized carbons (Fsp3) is 0.889. The van der Waals surface area contributed by atoms with Gasteiger partial charge in [-0.25, -0.2) is 0 Å². The van der Waals surface area contributed by atoms with Crippen LogP contribution in [0.4, 0.5) is 0 Å². The van der Waals surface area contributed by atoms with E-state index in [2.05, 4.69) is 5.32 Å². The van der Waals surface area contributed by atoms with Gasteiger partial charge in [-0.1, -0.05) is 6.92 Å². The van der Waals surface area contributed by atoms with Gasteiger partial charge in [0.15, 0.2) is 0 Å². The Morgan fingerprint density at radius 3 is 3.00 bits per heavy atom. The Labute approximate surface area is 78.3 Å². The summed E-state index contributed by atoms with van der Waals surface area (Å²) >= 11 is 0. The van der Waals surface area contributed by atoms with E-state index in [-0.39, 0.29) is 5.92 Å². The second kappa shape index (κ2) is 5.19. The van der Waals surface area contributed by atoms with Crippen molar-refractivity contribution in [1.82, 2.24) is 5.32 Å². The molecule has 0 aliphatic carbocycles. The van der Waals surface area contributed by atoms with E-state index in [1.54, 1.807) is 0 Å². The van der Waals surface area contributed by atoms with Crippen molar-refractivity contribution < 1.29 is 14.6 Å². The number of aliphatic carboxylic acids is 1. The van der Waals surface area contributed by atoms with Gasteiger partial charge >= 0.3 is 5.97 Å². The van der Waals surface area contributed by atoms with E-state index in [1.807, 2.05) is 6.92 Å². The molecule has 0 aromatic rings. The third kappa shape index (κ3) is 2.97. The lowest BCUT2D eigenvalue weighted by Crippen LogP contribution is -2.45. The number of hydrogen-bond donors (Lipinski definition) is 2. The van der Waals surface area contributed by atoms with Crippen molar-refractivity contribution in [1.29, 1.82) is 0 Å². The fourth-order valence-electron chi connectivity index (χ4n) is 1.70. The van der Waals surface area contributed by atoms with Crippen LogP contribution in [0, 0.1) is 5.92 Å². The number of likely N-dealkylation sites (N-methyl/N-ethyl adjacent to an activating group) is 1. The average Bonchev–Trinajstić information content (AvgIpc) is 2.15. The van der Waals surface area contributed by atoms with Gasteiger partial charge < -0.3 is 15.2 Å². The van der Waals surface area contributed by atoms with Gasteiger partial charge in [-0.05, 0) is 19.4 Å². The summed E-state index contributed by atoms with van der Waals surface area (Å²) in [5.41, 5.74) is 0. The van der Waals surface area contributed by atoms with Crippen molar-refractivity contribution in [2.24, 2.45) is 5.92 Å². The summed E-state index contributed by atoms with van der Waals surface area (Å²) in [7, 11) is 0. The summed E-state index contributed by atoms with van der Waals surface area (Å²) in [5.74, 6) is -0.636. The average molecular weight is 187 g/mol. The van der Waals surface area contributed by atoms with Crippen LogP contribution in [-0.4, -0.2) is 36.9 Å². The minimum atomic E-state index is -0.766. The van der Waals surface area contributed by atoms with E-state index < -0.39 is 12.0 Å². The Kier molecular flexibility index (Phi) is 4.18. The Balaban J connectivity index is 2.46. The van der Waals surface area contributed by atoms with Crippen LogP contribution in [0.15, 0.2) is 0 Å². The normalized spacial score (nSPS) is 25.5. The molecule has 2 N–H and O–H groups in total. The Morgan fingerprint density at radius 1 is 1.77 bits per heavy atom. The monoisotopic (exact) mass is 187 g/mol. The second-order valence-corrected chi connectivity index (χ2v) is 3.35. The van der Waals surface area contributed by atoms with E-state index >= 15 is 0 Å². The van der Waals surface area contributed by atoms with E-state index in [4.69, 9.17) is 9.84 Å². The number of carbonyl (C=O) groups is 1. The molecular formula is C9H17NO3. The third-order valence-electron chi connectivity index (χ3n) is 2.36. The molecule has 0 saturated carbocycles. The zero-order valence-electron chi connectivity index (χ0n) is 7.95. The van der Waals surface area contributed by atoms with E-state index in [0.29, 0.717) is 13.2 Å². The minimum Gasteiger partial charge on any atom is -0.480 e. The van der Waals surface area contributed by atoms with E-state index in [0.717, 1.165) is 19.4 Å². The lowest BCUT2D eigenvalue weighted by atomic mass is 9.94. The topological polar surface area (TPSA) is 58.6 Å². The van der Waals surface area contributed by atoms with Gasteiger partial charge in [-0.3, -0.25) is 4.79 Å². The summed E-state index contributed by atoms with van der Waals surface area (Å²) in [5, 5.41) is 11.9. The molecule has 2 unspecified atom stereocenters. The molecule has 1 aliphatic rings. The maximum atomic E-state index is 10.9. The van der Waals surface area contributed by atoms with Crippen molar-refractivity contribution >= 4 is 5.97 Å². The number of ether oxygens (including phenoxy) is 1. The molecule has 0 aromatic carbocycles. The molecule has 2 atom stereocenters. The highest BCUT2D eigenvalue weighted by molar-refractivity contribution is 5.73. The highest BCUT2D eigenvalue weighted by atomic mass is 16.5. The van der Waals surface area contributed by atoms with E-state index in [9.17, 15) is 4.79 Å². The quantitative estimate of drug-likeness (QED) is 0.672. The van der Waals surface area contributed by atoms with Crippen LogP contribution in [0.3, 0.4) is 0 Å². The summed E-state index contributed by atoms with van der Waals surface area (Å²) in [6, 6.07) is -0.440. The zero-order valence-corrected chi connectivity index (χ0v) is 7.95. The SMILES string of the molecule is CCNC(C(=O)O)C1CCCOC1. The van der Waals surface area contributed by atoms with E-state index in [1.165, 1.54) is 0 Å². The van der Waals surface area contributed by atoms with Crippen molar-refractivity contribution in [2.45, 2.75) is 25.8 Å². The predicted octanol–water partition coefficient (Wildman–Crippen LogP) is 0.476. The van der Waals surface area contributed by atoms with Crippen LogP contribution in [0.25, 0.3) is 0 Å². The highest BCUT2D eigenvalue weighted by Gasteiger charge is 2.28. The maximum Gasteiger partial charge on any atom is 0.321 e. The molecule has 1 heterocycles. The first-order chi connectivity index (χ1) is 6.25. The number of carboxylic acids is 1. The number of rotatable bonds is 4. The maximum absolute atomic E-state index is 10.9. The molecule has 4 nitrogen and oxygen atoms in total. The molecular weight excluding hydrogens is 170 g/mol.